The molecule has 0 bridgehead atoms. The van der Waals surface area contributed by atoms with E-state index in [0.717, 1.165) is 5.56 Å². The number of aryl methyl sites for hydroxylation is 1. The quantitative estimate of drug-likeness (QED) is 0.267. The summed E-state index contributed by atoms with van der Waals surface area (Å²) < 4.78 is 32.8. The van der Waals surface area contributed by atoms with Crippen LogP contribution in [-0.4, -0.2) is 32.6 Å². The first-order valence-electron chi connectivity index (χ1n) is 9.77. The highest BCUT2D eigenvalue weighted by molar-refractivity contribution is 7.89. The van der Waals surface area contributed by atoms with Gasteiger partial charge in [0, 0.05) is 6.92 Å². The zero-order valence-corrected chi connectivity index (χ0v) is 18.8. The number of sulfonamides is 1. The number of amides is 1. The summed E-state index contributed by atoms with van der Waals surface area (Å²) in [4.78, 5) is 23.6. The first kappa shape index (κ1) is 24.2. The lowest BCUT2D eigenvalue weighted by Gasteiger charge is -2.19. The van der Waals surface area contributed by atoms with E-state index in [2.05, 4.69) is 15.2 Å². The van der Waals surface area contributed by atoms with Gasteiger partial charge in [-0.15, -0.1) is 0 Å². The van der Waals surface area contributed by atoms with Crippen LogP contribution in [0.5, 0.6) is 5.75 Å². The van der Waals surface area contributed by atoms with Gasteiger partial charge in [-0.3, -0.25) is 9.59 Å². The molecule has 8 nitrogen and oxygen atoms in total. The van der Waals surface area contributed by atoms with Crippen molar-refractivity contribution < 1.29 is 22.7 Å². The standard InChI is InChI=1S/C22H27N3O5S/c1-15(2)13-21(25-31(28,29)20-11-5-16(3)6-12-20)22(27)24-23-14-18-7-9-19(10-8-18)30-17(4)26/h5-12,14-15,21,25H,13H2,1-4H3,(H,24,27)/b23-14-/t21-/m1/s1. The fourth-order valence-electron chi connectivity index (χ4n) is 2.69. The Morgan fingerprint density at radius 2 is 1.68 bits per heavy atom. The molecule has 0 spiro atoms. The van der Waals surface area contributed by atoms with Crippen LogP contribution >= 0.6 is 0 Å². The zero-order chi connectivity index (χ0) is 23.0. The summed E-state index contributed by atoms with van der Waals surface area (Å²) in [6, 6.07) is 11.9. The molecule has 1 atom stereocenters. The normalized spacial score (nSPS) is 12.7. The Balaban J connectivity index is 2.06. The highest BCUT2D eigenvalue weighted by Gasteiger charge is 2.26. The molecule has 0 saturated carbocycles. The Kier molecular flexibility index (Phi) is 8.47. The maximum absolute atomic E-state index is 12.7. The summed E-state index contributed by atoms with van der Waals surface area (Å²) in [5.74, 6) is -0.499. The van der Waals surface area contributed by atoms with E-state index >= 15 is 0 Å². The number of ether oxygens (including phenoxy) is 1. The van der Waals surface area contributed by atoms with E-state index < -0.39 is 27.9 Å². The van der Waals surface area contributed by atoms with E-state index in [-0.39, 0.29) is 10.8 Å². The molecule has 1 amide bonds. The monoisotopic (exact) mass is 445 g/mol. The molecular formula is C22H27N3O5S. The molecule has 0 unspecified atom stereocenters. The second kappa shape index (κ2) is 10.8. The van der Waals surface area contributed by atoms with Crippen LogP contribution < -0.4 is 14.9 Å². The number of benzene rings is 2. The molecule has 0 radical (unpaired) electrons. The second-order valence-electron chi connectivity index (χ2n) is 7.51. The molecule has 0 aromatic heterocycles. The Morgan fingerprint density at radius 1 is 1.06 bits per heavy atom. The van der Waals surface area contributed by atoms with Crippen molar-refractivity contribution >= 4 is 28.1 Å². The molecule has 0 saturated heterocycles. The third kappa shape index (κ3) is 7.95. The maximum Gasteiger partial charge on any atom is 0.308 e. The van der Waals surface area contributed by atoms with E-state index in [1.807, 2.05) is 20.8 Å². The molecule has 166 valence electrons. The van der Waals surface area contributed by atoms with Gasteiger partial charge in [-0.05, 0) is 61.2 Å². The Bertz CT molecular complexity index is 1030. The molecule has 2 rings (SSSR count). The highest BCUT2D eigenvalue weighted by atomic mass is 32.2. The van der Waals surface area contributed by atoms with Crippen LogP contribution in [0.1, 0.15) is 38.3 Å². The van der Waals surface area contributed by atoms with Gasteiger partial charge in [0.25, 0.3) is 5.91 Å². The molecule has 0 aliphatic heterocycles. The minimum atomic E-state index is -3.86. The summed E-state index contributed by atoms with van der Waals surface area (Å²) >= 11 is 0. The number of nitrogens with one attached hydrogen (secondary N) is 2. The van der Waals surface area contributed by atoms with Gasteiger partial charge < -0.3 is 4.74 Å². The third-order valence-corrected chi connectivity index (χ3v) is 5.67. The predicted octanol–water partition coefficient (Wildman–Crippen LogP) is 2.76. The average molecular weight is 446 g/mol. The van der Waals surface area contributed by atoms with Crippen LogP contribution in [0.3, 0.4) is 0 Å². The van der Waals surface area contributed by atoms with Gasteiger partial charge >= 0.3 is 5.97 Å². The largest absolute Gasteiger partial charge is 0.427 e. The van der Waals surface area contributed by atoms with Crippen molar-refractivity contribution in [2.45, 2.75) is 45.1 Å². The summed E-state index contributed by atoms with van der Waals surface area (Å²) in [5.41, 5.74) is 3.98. The van der Waals surface area contributed by atoms with Crippen LogP contribution in [-0.2, 0) is 19.6 Å². The molecule has 0 fully saturated rings. The Morgan fingerprint density at radius 3 is 2.23 bits per heavy atom. The van der Waals surface area contributed by atoms with Crippen LogP contribution in [0.2, 0.25) is 0 Å². The smallest absolute Gasteiger partial charge is 0.308 e. The van der Waals surface area contributed by atoms with Crippen LogP contribution in [0.25, 0.3) is 0 Å². The van der Waals surface area contributed by atoms with E-state index in [9.17, 15) is 18.0 Å². The van der Waals surface area contributed by atoms with Crippen LogP contribution in [0, 0.1) is 12.8 Å². The maximum atomic E-state index is 12.7. The number of esters is 1. The van der Waals surface area contributed by atoms with Gasteiger partial charge in [-0.2, -0.15) is 9.82 Å². The number of nitrogens with zero attached hydrogens (tertiary/aromatic N) is 1. The number of hydrazone groups is 1. The molecule has 0 aliphatic carbocycles. The van der Waals surface area contributed by atoms with Gasteiger partial charge in [0.05, 0.1) is 11.1 Å². The zero-order valence-electron chi connectivity index (χ0n) is 18.0. The average Bonchev–Trinajstić information content (AvgIpc) is 2.68. The molecule has 0 heterocycles. The summed E-state index contributed by atoms with van der Waals surface area (Å²) in [6.45, 7) is 6.97. The van der Waals surface area contributed by atoms with Crippen LogP contribution in [0.15, 0.2) is 58.5 Å². The second-order valence-corrected chi connectivity index (χ2v) is 9.23. The van der Waals surface area contributed by atoms with E-state index in [1.54, 1.807) is 36.4 Å². The Hall–Kier alpha value is -3.04. The number of hydrogen-bond donors (Lipinski definition) is 2. The van der Waals surface area contributed by atoms with Gasteiger partial charge in [-0.25, -0.2) is 13.8 Å². The fraction of sp³-hybridized carbons (Fsp3) is 0.318. The van der Waals surface area contributed by atoms with E-state index in [0.29, 0.717) is 17.7 Å². The molecule has 2 aromatic carbocycles. The van der Waals surface area contributed by atoms with E-state index in [4.69, 9.17) is 4.74 Å². The van der Waals surface area contributed by atoms with Crippen molar-refractivity contribution in [3.63, 3.8) is 0 Å². The van der Waals surface area contributed by atoms with Crippen molar-refractivity contribution in [3.8, 4) is 5.75 Å². The van der Waals surface area contributed by atoms with Crippen molar-refractivity contribution in [2.24, 2.45) is 11.0 Å². The number of carbonyl (C=O) groups is 2. The lowest BCUT2D eigenvalue weighted by atomic mass is 10.0. The fourth-order valence-corrected chi connectivity index (χ4v) is 3.90. The Labute approximate surface area is 182 Å². The molecule has 31 heavy (non-hydrogen) atoms. The topological polar surface area (TPSA) is 114 Å². The number of carbonyl (C=O) groups excluding carboxylic acids is 2. The van der Waals surface area contributed by atoms with Gasteiger partial charge in [0.2, 0.25) is 10.0 Å². The summed E-state index contributed by atoms with van der Waals surface area (Å²) in [6.07, 6.45) is 1.72. The molecule has 2 aromatic rings. The molecule has 2 N–H and O–H groups in total. The molecule has 9 heteroatoms. The highest BCUT2D eigenvalue weighted by Crippen LogP contribution is 2.14. The summed E-state index contributed by atoms with van der Waals surface area (Å²) in [5, 5.41) is 3.91. The lowest BCUT2D eigenvalue weighted by Crippen LogP contribution is -2.46. The van der Waals surface area contributed by atoms with Gasteiger partial charge in [0.15, 0.2) is 0 Å². The predicted molar refractivity (Wildman–Crippen MR) is 118 cm³/mol. The van der Waals surface area contributed by atoms with Crippen molar-refractivity contribution in [1.29, 1.82) is 0 Å². The molecule has 0 aliphatic rings. The van der Waals surface area contributed by atoms with Crippen molar-refractivity contribution in [1.82, 2.24) is 10.1 Å². The minimum Gasteiger partial charge on any atom is -0.427 e. The first-order chi connectivity index (χ1) is 14.6. The third-order valence-electron chi connectivity index (χ3n) is 4.18. The van der Waals surface area contributed by atoms with E-state index in [1.165, 1.54) is 25.3 Å². The first-order valence-corrected chi connectivity index (χ1v) is 11.3. The SMILES string of the molecule is CC(=O)Oc1ccc(/C=N\NC(=O)[C@@H](CC(C)C)NS(=O)(=O)c2ccc(C)cc2)cc1. The lowest BCUT2D eigenvalue weighted by molar-refractivity contribution is -0.131. The van der Waals surface area contributed by atoms with Crippen LogP contribution in [0.4, 0.5) is 0 Å². The minimum absolute atomic E-state index is 0.0780. The number of hydrogen-bond acceptors (Lipinski definition) is 6. The van der Waals surface area contributed by atoms with Crippen molar-refractivity contribution in [3.05, 3.63) is 59.7 Å². The van der Waals surface area contributed by atoms with Crippen molar-refractivity contribution in [2.75, 3.05) is 0 Å². The number of rotatable bonds is 9. The van der Waals surface area contributed by atoms with Gasteiger partial charge in [-0.1, -0.05) is 31.5 Å². The van der Waals surface area contributed by atoms with Gasteiger partial charge in [0.1, 0.15) is 11.8 Å². The summed E-state index contributed by atoms with van der Waals surface area (Å²) in [7, 11) is -3.86. The molecular weight excluding hydrogens is 418 g/mol.